The number of rotatable bonds is 9. The third-order valence-corrected chi connectivity index (χ3v) is 2.53. The smallest absolute Gasteiger partial charge is 0.0540 e. The Hall–Kier alpha value is 0.583. The molecule has 14 heavy (non-hydrogen) atoms. The summed E-state index contributed by atoms with van der Waals surface area (Å²) in [5.74, 6) is 0. The standard InChI is InChI=1S/C12H26O.Zn/c1-3-5-7-8-9-11-12(13)10-6-4-2;/h12-13H,3-11H2,1-2H3;. The minimum atomic E-state index is -0.0263. The summed E-state index contributed by atoms with van der Waals surface area (Å²) in [6, 6.07) is 0. The first kappa shape index (κ1) is 17.0. The van der Waals surface area contributed by atoms with Crippen molar-refractivity contribution in [1.82, 2.24) is 0 Å². The molecule has 0 fully saturated rings. The average molecular weight is 252 g/mol. The second kappa shape index (κ2) is 13.6. The monoisotopic (exact) mass is 250 g/mol. The van der Waals surface area contributed by atoms with Crippen LogP contribution in [-0.2, 0) is 19.5 Å². The summed E-state index contributed by atoms with van der Waals surface area (Å²) >= 11 is 0. The van der Waals surface area contributed by atoms with E-state index in [0.29, 0.717) is 0 Å². The number of aliphatic hydroxyl groups excluding tert-OH is 1. The maximum absolute atomic E-state index is 9.54. The Labute approximate surface area is 102 Å². The number of aliphatic hydroxyl groups is 1. The molecule has 0 saturated heterocycles. The van der Waals surface area contributed by atoms with Gasteiger partial charge in [-0.3, -0.25) is 0 Å². The molecule has 0 saturated carbocycles. The molecule has 2 heteroatoms. The molecule has 0 rings (SSSR count). The second-order valence-corrected chi connectivity index (χ2v) is 4.00. The van der Waals surface area contributed by atoms with Crippen LogP contribution in [0.5, 0.6) is 0 Å². The van der Waals surface area contributed by atoms with Crippen LogP contribution in [0.2, 0.25) is 0 Å². The van der Waals surface area contributed by atoms with E-state index in [1.54, 1.807) is 0 Å². The maximum atomic E-state index is 9.54. The van der Waals surface area contributed by atoms with Gasteiger partial charge in [0.05, 0.1) is 6.10 Å². The largest absolute Gasteiger partial charge is 0.393 e. The molecule has 0 spiro atoms. The van der Waals surface area contributed by atoms with Crippen LogP contribution in [0.15, 0.2) is 0 Å². The molecule has 0 radical (unpaired) electrons. The second-order valence-electron chi connectivity index (χ2n) is 4.00. The first-order valence-electron chi connectivity index (χ1n) is 5.99. The molecular formula is C12H26OZn. The summed E-state index contributed by atoms with van der Waals surface area (Å²) < 4.78 is 0. The predicted molar refractivity (Wildman–Crippen MR) is 58.9 cm³/mol. The van der Waals surface area contributed by atoms with Gasteiger partial charge in [-0.15, -0.1) is 0 Å². The first-order chi connectivity index (χ1) is 6.31. The van der Waals surface area contributed by atoms with Gasteiger partial charge in [-0.05, 0) is 12.8 Å². The molecule has 1 nitrogen and oxygen atoms in total. The summed E-state index contributed by atoms with van der Waals surface area (Å²) in [5.41, 5.74) is 0. The summed E-state index contributed by atoms with van der Waals surface area (Å²) in [6.45, 7) is 4.41. The molecule has 0 aromatic rings. The van der Waals surface area contributed by atoms with E-state index in [1.165, 1.54) is 44.9 Å². The fourth-order valence-electron chi connectivity index (χ4n) is 1.57. The summed E-state index contributed by atoms with van der Waals surface area (Å²) in [7, 11) is 0. The number of unbranched alkanes of at least 4 members (excludes halogenated alkanes) is 5. The van der Waals surface area contributed by atoms with Gasteiger partial charge in [0.25, 0.3) is 0 Å². The number of hydrogen-bond donors (Lipinski definition) is 1. The van der Waals surface area contributed by atoms with Gasteiger partial charge in [0, 0.05) is 19.5 Å². The normalized spacial score (nSPS) is 12.2. The van der Waals surface area contributed by atoms with E-state index in [0.717, 1.165) is 12.8 Å². The zero-order valence-electron chi connectivity index (χ0n) is 10.1. The molecule has 0 bridgehead atoms. The topological polar surface area (TPSA) is 20.2 Å². The van der Waals surface area contributed by atoms with Crippen molar-refractivity contribution in [2.24, 2.45) is 0 Å². The minimum Gasteiger partial charge on any atom is -0.393 e. The zero-order chi connectivity index (χ0) is 9.94. The molecule has 0 aliphatic heterocycles. The van der Waals surface area contributed by atoms with Gasteiger partial charge in [-0.25, -0.2) is 0 Å². The molecule has 1 N–H and O–H groups in total. The fourth-order valence-corrected chi connectivity index (χ4v) is 1.57. The van der Waals surface area contributed by atoms with Crippen molar-refractivity contribution in [2.75, 3.05) is 0 Å². The quantitative estimate of drug-likeness (QED) is 0.487. The van der Waals surface area contributed by atoms with Crippen molar-refractivity contribution >= 4 is 0 Å². The molecule has 1 unspecified atom stereocenters. The van der Waals surface area contributed by atoms with Gasteiger partial charge in [0.2, 0.25) is 0 Å². The van der Waals surface area contributed by atoms with Gasteiger partial charge in [-0.1, -0.05) is 58.8 Å². The SMILES string of the molecule is CCCCCCCC(O)CCCC.[Zn]. The maximum Gasteiger partial charge on any atom is 0.0540 e. The van der Waals surface area contributed by atoms with Crippen molar-refractivity contribution in [3.63, 3.8) is 0 Å². The van der Waals surface area contributed by atoms with E-state index in [-0.39, 0.29) is 25.6 Å². The minimum absolute atomic E-state index is 0. The van der Waals surface area contributed by atoms with Crippen molar-refractivity contribution < 1.29 is 24.6 Å². The summed E-state index contributed by atoms with van der Waals surface area (Å²) in [4.78, 5) is 0. The molecule has 0 aliphatic carbocycles. The molecule has 0 aromatic heterocycles. The van der Waals surface area contributed by atoms with E-state index in [4.69, 9.17) is 0 Å². The van der Waals surface area contributed by atoms with Gasteiger partial charge >= 0.3 is 0 Å². The van der Waals surface area contributed by atoms with E-state index < -0.39 is 0 Å². The van der Waals surface area contributed by atoms with Gasteiger partial charge in [0.1, 0.15) is 0 Å². The molecule has 0 aromatic carbocycles. The first-order valence-corrected chi connectivity index (χ1v) is 5.99. The Morgan fingerprint density at radius 2 is 1.29 bits per heavy atom. The van der Waals surface area contributed by atoms with Crippen LogP contribution < -0.4 is 0 Å². The summed E-state index contributed by atoms with van der Waals surface area (Å²) in [5, 5.41) is 9.54. The van der Waals surface area contributed by atoms with E-state index in [1.807, 2.05) is 0 Å². The molecule has 0 aliphatic rings. The van der Waals surface area contributed by atoms with Crippen molar-refractivity contribution in [3.05, 3.63) is 0 Å². The third-order valence-electron chi connectivity index (χ3n) is 2.53. The van der Waals surface area contributed by atoms with Crippen molar-refractivity contribution in [2.45, 2.75) is 77.7 Å². The summed E-state index contributed by atoms with van der Waals surface area (Å²) in [6.07, 6.45) is 10.9. The van der Waals surface area contributed by atoms with E-state index in [9.17, 15) is 5.11 Å². The Bertz CT molecular complexity index is 96.3. The van der Waals surface area contributed by atoms with Crippen molar-refractivity contribution in [3.8, 4) is 0 Å². The Morgan fingerprint density at radius 1 is 0.786 bits per heavy atom. The van der Waals surface area contributed by atoms with Crippen LogP contribution in [0.4, 0.5) is 0 Å². The van der Waals surface area contributed by atoms with E-state index in [2.05, 4.69) is 13.8 Å². The van der Waals surface area contributed by atoms with Crippen LogP contribution in [0.25, 0.3) is 0 Å². The van der Waals surface area contributed by atoms with Gasteiger partial charge in [0.15, 0.2) is 0 Å². The molecular weight excluding hydrogens is 226 g/mol. The molecule has 1 atom stereocenters. The average Bonchev–Trinajstić information content (AvgIpc) is 2.14. The van der Waals surface area contributed by atoms with Gasteiger partial charge < -0.3 is 5.11 Å². The Morgan fingerprint density at radius 3 is 1.86 bits per heavy atom. The zero-order valence-corrected chi connectivity index (χ0v) is 13.1. The third kappa shape index (κ3) is 12.6. The van der Waals surface area contributed by atoms with Crippen LogP contribution in [0, 0.1) is 0 Å². The van der Waals surface area contributed by atoms with Gasteiger partial charge in [-0.2, -0.15) is 0 Å². The Balaban J connectivity index is 0. The van der Waals surface area contributed by atoms with Crippen LogP contribution in [0.1, 0.15) is 71.6 Å². The van der Waals surface area contributed by atoms with Crippen LogP contribution >= 0.6 is 0 Å². The van der Waals surface area contributed by atoms with Crippen LogP contribution in [-0.4, -0.2) is 11.2 Å². The Kier molecular flexibility index (Phi) is 16.5. The fraction of sp³-hybridized carbons (Fsp3) is 1.00. The molecule has 82 valence electrons. The number of hydrogen-bond acceptors (Lipinski definition) is 1. The van der Waals surface area contributed by atoms with E-state index >= 15 is 0 Å². The molecule has 0 amide bonds. The van der Waals surface area contributed by atoms with Crippen molar-refractivity contribution in [1.29, 1.82) is 0 Å². The molecule has 0 heterocycles. The predicted octanol–water partition coefficient (Wildman–Crippen LogP) is 3.90. The van der Waals surface area contributed by atoms with Crippen LogP contribution in [0.3, 0.4) is 0 Å².